The van der Waals surface area contributed by atoms with Gasteiger partial charge in [-0.2, -0.15) is 0 Å². The van der Waals surface area contributed by atoms with Gasteiger partial charge in [-0.25, -0.2) is 0 Å². The van der Waals surface area contributed by atoms with E-state index in [1.807, 2.05) is 11.3 Å². The molecule has 0 amide bonds. The summed E-state index contributed by atoms with van der Waals surface area (Å²) in [4.78, 5) is 5.23. The molecule has 3 heterocycles. The molecule has 0 aliphatic carbocycles. The number of benzene rings is 10. The van der Waals surface area contributed by atoms with Crippen molar-refractivity contribution in [2.75, 3.05) is 9.80 Å². The monoisotopic (exact) mass is 946 g/mol. The van der Waals surface area contributed by atoms with Crippen LogP contribution in [0.5, 0.6) is 0 Å². The first kappa shape index (κ1) is 44.5. The molecule has 0 fully saturated rings. The smallest absolute Gasteiger partial charge is 0.264 e. The highest BCUT2D eigenvalue weighted by molar-refractivity contribution is 7.33. The zero-order valence-corrected chi connectivity index (χ0v) is 43.7. The summed E-state index contributed by atoms with van der Waals surface area (Å²) < 4.78 is 2.71. The second-order valence-corrected chi connectivity index (χ2v) is 24.4. The molecule has 0 spiro atoms. The van der Waals surface area contributed by atoms with Gasteiger partial charge in [0, 0.05) is 43.2 Å². The SMILES string of the molecule is CC(C)(C)c1ccc(N2c3cccc4c3B(c3ccc(-c5ccccc5)cc3N4c3ccc(C(C)(C)C)cc3-c3ccc4c5ccccc5c5ccccc5c4c3)c3sc4ccc(C(C)(C)C)cc4c32)cc1. The molecular weight excluding hydrogens is 888 g/mol. The lowest BCUT2D eigenvalue weighted by Crippen LogP contribution is -2.60. The molecule has 1 aromatic heterocycles. The van der Waals surface area contributed by atoms with Gasteiger partial charge < -0.3 is 9.80 Å². The predicted molar refractivity (Wildman–Crippen MR) is 315 cm³/mol. The Hall–Kier alpha value is -7.40. The van der Waals surface area contributed by atoms with E-state index in [2.05, 4.69) is 266 Å². The van der Waals surface area contributed by atoms with Gasteiger partial charge in [-0.05, 0) is 154 Å². The van der Waals surface area contributed by atoms with Crippen LogP contribution in [-0.4, -0.2) is 6.71 Å². The van der Waals surface area contributed by atoms with Crippen LogP contribution in [0, 0.1) is 0 Å². The van der Waals surface area contributed by atoms with Gasteiger partial charge in [-0.15, -0.1) is 11.3 Å². The van der Waals surface area contributed by atoms with E-state index in [1.54, 1.807) is 0 Å². The molecule has 0 atom stereocenters. The van der Waals surface area contributed by atoms with Crippen molar-refractivity contribution in [3.8, 4) is 22.3 Å². The van der Waals surface area contributed by atoms with Crippen LogP contribution >= 0.6 is 11.3 Å². The molecule has 2 aliphatic heterocycles. The van der Waals surface area contributed by atoms with Crippen LogP contribution in [0.1, 0.15) is 79.0 Å². The van der Waals surface area contributed by atoms with E-state index in [4.69, 9.17) is 0 Å². The van der Waals surface area contributed by atoms with Crippen molar-refractivity contribution in [3.63, 3.8) is 0 Å². The van der Waals surface area contributed by atoms with Crippen molar-refractivity contribution < 1.29 is 0 Å². The Bertz CT molecular complexity index is 3960. The van der Waals surface area contributed by atoms with Crippen molar-refractivity contribution >= 4 is 110 Å². The lowest BCUT2D eigenvalue weighted by molar-refractivity contribution is 0.590. The van der Waals surface area contributed by atoms with E-state index in [9.17, 15) is 0 Å². The maximum atomic E-state index is 2.62. The Labute approximate surface area is 429 Å². The molecule has 11 aromatic rings. The molecule has 0 unspecified atom stereocenters. The molecule has 72 heavy (non-hydrogen) atoms. The Morgan fingerprint density at radius 2 is 0.917 bits per heavy atom. The fourth-order valence-electron chi connectivity index (χ4n) is 11.8. The zero-order valence-electron chi connectivity index (χ0n) is 42.9. The Morgan fingerprint density at radius 3 is 1.57 bits per heavy atom. The average molecular weight is 947 g/mol. The first-order chi connectivity index (χ1) is 34.6. The number of hydrogen-bond acceptors (Lipinski definition) is 3. The van der Waals surface area contributed by atoms with Crippen molar-refractivity contribution in [1.29, 1.82) is 0 Å². The first-order valence-electron chi connectivity index (χ1n) is 25.7. The summed E-state index contributed by atoms with van der Waals surface area (Å²) in [6.07, 6.45) is 0. The van der Waals surface area contributed by atoms with Gasteiger partial charge in [-0.3, -0.25) is 0 Å². The normalized spacial score (nSPS) is 13.5. The largest absolute Gasteiger partial charge is 0.311 e. The zero-order chi connectivity index (χ0) is 49.4. The molecule has 0 radical (unpaired) electrons. The van der Waals surface area contributed by atoms with Crippen LogP contribution in [-0.2, 0) is 16.2 Å². The van der Waals surface area contributed by atoms with Crippen molar-refractivity contribution in [1.82, 2.24) is 0 Å². The van der Waals surface area contributed by atoms with E-state index >= 15 is 0 Å². The number of hydrogen-bond donors (Lipinski definition) is 0. The second kappa shape index (κ2) is 16.1. The molecule has 13 rings (SSSR count). The van der Waals surface area contributed by atoms with Crippen molar-refractivity contribution in [3.05, 3.63) is 211 Å². The number of thiophene rings is 1. The summed E-state index contributed by atoms with van der Waals surface area (Å²) in [6.45, 7) is 20.9. The molecule has 0 saturated carbocycles. The fraction of sp³-hybridized carbons (Fsp3) is 0.176. The number of nitrogens with zero attached hydrogens (tertiary/aromatic N) is 2. The highest BCUT2D eigenvalue weighted by Crippen LogP contribution is 2.51. The minimum absolute atomic E-state index is 0.000107. The highest BCUT2D eigenvalue weighted by atomic mass is 32.1. The van der Waals surface area contributed by atoms with Crippen LogP contribution < -0.4 is 25.5 Å². The summed E-state index contributed by atoms with van der Waals surface area (Å²) in [6, 6.07) is 74.3. The summed E-state index contributed by atoms with van der Waals surface area (Å²) >= 11 is 1.97. The van der Waals surface area contributed by atoms with Crippen LogP contribution in [0.2, 0.25) is 0 Å². The van der Waals surface area contributed by atoms with Gasteiger partial charge in [-0.1, -0.05) is 196 Å². The van der Waals surface area contributed by atoms with E-state index in [1.165, 1.54) is 131 Å². The van der Waals surface area contributed by atoms with Crippen LogP contribution in [0.25, 0.3) is 64.7 Å². The van der Waals surface area contributed by atoms with E-state index in [0.29, 0.717) is 0 Å². The average Bonchev–Trinajstić information content (AvgIpc) is 3.76. The first-order valence-corrected chi connectivity index (χ1v) is 26.5. The lowest BCUT2D eigenvalue weighted by atomic mass is 9.36. The third-order valence-corrected chi connectivity index (χ3v) is 16.9. The van der Waals surface area contributed by atoms with Gasteiger partial charge >= 0.3 is 0 Å². The highest BCUT2D eigenvalue weighted by Gasteiger charge is 2.45. The Kier molecular flexibility index (Phi) is 9.93. The summed E-state index contributed by atoms with van der Waals surface area (Å²) in [7, 11) is 0. The van der Waals surface area contributed by atoms with Crippen molar-refractivity contribution in [2.45, 2.75) is 78.6 Å². The van der Waals surface area contributed by atoms with Crippen LogP contribution in [0.15, 0.2) is 194 Å². The summed E-state index contributed by atoms with van der Waals surface area (Å²) in [5.74, 6) is 0. The molecule has 350 valence electrons. The quantitative estimate of drug-likeness (QED) is 0.128. The second-order valence-electron chi connectivity index (χ2n) is 23.4. The molecule has 2 nitrogen and oxygen atoms in total. The molecule has 0 saturated heterocycles. The topological polar surface area (TPSA) is 6.48 Å². The third kappa shape index (κ3) is 6.97. The van der Waals surface area contributed by atoms with Gasteiger partial charge in [0.05, 0.1) is 11.4 Å². The number of anilines is 6. The molecule has 2 aliphatic rings. The molecule has 4 heteroatoms. The lowest BCUT2D eigenvalue weighted by Gasteiger charge is -2.43. The standard InChI is InChI=1S/C68H59BN2S/c1-66(2,3)45-28-32-48(33-29-45)70-59-24-17-25-60-63(59)69(65-64(70)56-41-47(68(7,8)9)31-37-62(56)72-65)57-35-27-43(42-18-11-10-12-19-42)39-61(57)71(60)58-36-30-46(67(4,5)6)40-54(58)44-26-34-53-51-22-14-13-20-49(51)50-21-15-16-23-52(50)55(53)38-44/h10-41H,1-9H3. The minimum atomic E-state index is -0.0716. The van der Waals surface area contributed by atoms with Gasteiger partial charge in [0.1, 0.15) is 0 Å². The van der Waals surface area contributed by atoms with E-state index in [-0.39, 0.29) is 23.0 Å². The molecule has 0 bridgehead atoms. The van der Waals surface area contributed by atoms with E-state index < -0.39 is 0 Å². The van der Waals surface area contributed by atoms with Crippen molar-refractivity contribution in [2.24, 2.45) is 0 Å². The summed E-state index contributed by atoms with van der Waals surface area (Å²) in [5, 5.41) is 9.02. The minimum Gasteiger partial charge on any atom is -0.311 e. The Balaban J connectivity index is 1.11. The fourth-order valence-corrected chi connectivity index (χ4v) is 13.1. The Morgan fingerprint density at radius 1 is 0.361 bits per heavy atom. The van der Waals surface area contributed by atoms with Gasteiger partial charge in [0.25, 0.3) is 6.71 Å². The third-order valence-electron chi connectivity index (χ3n) is 15.7. The van der Waals surface area contributed by atoms with Crippen LogP contribution in [0.3, 0.4) is 0 Å². The maximum absolute atomic E-state index is 2.62. The van der Waals surface area contributed by atoms with Gasteiger partial charge in [0.2, 0.25) is 0 Å². The molecule has 10 aromatic carbocycles. The van der Waals surface area contributed by atoms with E-state index in [0.717, 1.165) is 0 Å². The number of rotatable bonds is 4. The summed E-state index contributed by atoms with van der Waals surface area (Å²) in [5.41, 5.74) is 18.8. The van der Waals surface area contributed by atoms with Crippen LogP contribution in [0.4, 0.5) is 34.1 Å². The molecule has 0 N–H and O–H groups in total. The van der Waals surface area contributed by atoms with Gasteiger partial charge in [0.15, 0.2) is 0 Å². The molecular formula is C68H59BN2S. The predicted octanol–water partition coefficient (Wildman–Crippen LogP) is 17.7. The maximum Gasteiger partial charge on any atom is 0.264 e. The number of fused-ring (bicyclic) bond motifs is 12.